The average Bonchev–Trinajstić information content (AvgIpc) is 3.40. The van der Waals surface area contributed by atoms with E-state index in [1.807, 2.05) is 30.5 Å². The number of aromatic nitrogens is 1. The van der Waals surface area contributed by atoms with Gasteiger partial charge < -0.3 is 24.8 Å². The molecule has 35 heavy (non-hydrogen) atoms. The molecule has 0 aliphatic carbocycles. The van der Waals surface area contributed by atoms with Crippen molar-refractivity contribution in [3.63, 3.8) is 0 Å². The van der Waals surface area contributed by atoms with E-state index in [0.29, 0.717) is 23.3 Å². The van der Waals surface area contributed by atoms with Gasteiger partial charge in [0.15, 0.2) is 0 Å². The van der Waals surface area contributed by atoms with Gasteiger partial charge in [-0.15, -0.1) is 0 Å². The Bertz CT molecular complexity index is 1450. The van der Waals surface area contributed by atoms with Crippen LogP contribution in [0.3, 0.4) is 0 Å². The summed E-state index contributed by atoms with van der Waals surface area (Å²) in [5.41, 5.74) is 2.94. The number of carbonyl (C=O) groups is 2. The first kappa shape index (κ1) is 22.3. The average molecular weight is 469 g/mol. The molecule has 1 fully saturated rings. The Kier molecular flexibility index (Phi) is 5.74. The minimum atomic E-state index is -0.839. The first-order valence-electron chi connectivity index (χ1n) is 11.2. The van der Waals surface area contributed by atoms with Crippen molar-refractivity contribution < 1.29 is 24.5 Å². The number of rotatable bonds is 6. The number of fused-ring (bicyclic) bond motifs is 1. The maximum absolute atomic E-state index is 13.2. The molecule has 3 aromatic carbocycles. The molecule has 7 nitrogen and oxygen atoms in total. The summed E-state index contributed by atoms with van der Waals surface area (Å²) >= 11 is 0. The number of para-hydroxylation sites is 1. The van der Waals surface area contributed by atoms with Gasteiger partial charge in [-0.1, -0.05) is 30.3 Å². The summed E-state index contributed by atoms with van der Waals surface area (Å²) in [6.45, 7) is 0.256. The molecule has 1 aliphatic rings. The Morgan fingerprint density at radius 1 is 1.03 bits per heavy atom. The number of aliphatic hydroxyl groups is 1. The molecule has 1 aliphatic heterocycles. The number of nitrogens with one attached hydrogen (secondary N) is 1. The zero-order valence-corrected chi connectivity index (χ0v) is 19.1. The second kappa shape index (κ2) is 9.02. The van der Waals surface area contributed by atoms with Crippen LogP contribution in [-0.2, 0) is 16.0 Å². The van der Waals surface area contributed by atoms with Gasteiger partial charge in [-0.05, 0) is 60.0 Å². The zero-order chi connectivity index (χ0) is 24.5. The van der Waals surface area contributed by atoms with E-state index in [0.717, 1.165) is 16.5 Å². The number of aromatic hydroxyl groups is 1. The van der Waals surface area contributed by atoms with Crippen molar-refractivity contribution in [3.05, 3.63) is 101 Å². The van der Waals surface area contributed by atoms with Crippen molar-refractivity contribution in [2.75, 3.05) is 13.7 Å². The van der Waals surface area contributed by atoms with Gasteiger partial charge in [0.1, 0.15) is 17.3 Å². The molecule has 2 heterocycles. The number of hydrogen-bond acceptors (Lipinski definition) is 5. The molecule has 176 valence electrons. The fraction of sp³-hybridized carbons (Fsp3) is 0.143. The predicted molar refractivity (Wildman–Crippen MR) is 132 cm³/mol. The maximum atomic E-state index is 13.2. The molecule has 4 aromatic rings. The van der Waals surface area contributed by atoms with E-state index in [-0.39, 0.29) is 23.6 Å². The molecule has 0 saturated carbocycles. The number of aromatic amines is 1. The summed E-state index contributed by atoms with van der Waals surface area (Å²) in [7, 11) is 1.54. The molecule has 0 radical (unpaired) electrons. The molecule has 1 aromatic heterocycles. The number of aliphatic hydroxyl groups excluding tert-OH is 1. The number of Topliss-reactive ketones (excluding diaryl/α,β-unsaturated/α-hetero) is 1. The fourth-order valence-electron chi connectivity index (χ4n) is 4.64. The van der Waals surface area contributed by atoms with E-state index in [1.54, 1.807) is 36.4 Å². The van der Waals surface area contributed by atoms with Crippen LogP contribution in [-0.4, -0.2) is 45.4 Å². The van der Waals surface area contributed by atoms with Crippen LogP contribution in [0.25, 0.3) is 16.7 Å². The number of benzene rings is 3. The standard InChI is InChI=1S/C28H24N2O5/c1-35-21-11-9-17(10-12-21)26(32)24-25(18-5-4-6-20(31)15-18)30(28(34)27(24)33)14-13-19-16-29-23-8-3-2-7-22(19)23/h2-12,15-16,25,29,31-32H,13-14H2,1H3. The van der Waals surface area contributed by atoms with E-state index in [9.17, 15) is 19.8 Å². The minimum Gasteiger partial charge on any atom is -0.508 e. The first-order valence-corrected chi connectivity index (χ1v) is 11.2. The molecular formula is C28H24N2O5. The molecular weight excluding hydrogens is 444 g/mol. The number of phenols is 1. The molecule has 1 saturated heterocycles. The third kappa shape index (κ3) is 4.01. The van der Waals surface area contributed by atoms with E-state index >= 15 is 0 Å². The second-order valence-electron chi connectivity index (χ2n) is 8.43. The van der Waals surface area contributed by atoms with Gasteiger partial charge in [-0.25, -0.2) is 0 Å². The second-order valence-corrected chi connectivity index (χ2v) is 8.43. The third-order valence-corrected chi connectivity index (χ3v) is 6.39. The molecule has 3 N–H and O–H groups in total. The molecule has 0 spiro atoms. The summed E-state index contributed by atoms with van der Waals surface area (Å²) in [6, 6.07) is 20.1. The summed E-state index contributed by atoms with van der Waals surface area (Å²) < 4.78 is 5.17. The zero-order valence-electron chi connectivity index (χ0n) is 19.1. The summed E-state index contributed by atoms with van der Waals surface area (Å²) in [5.74, 6) is -1.10. The number of likely N-dealkylation sites (tertiary alicyclic amines) is 1. The van der Waals surface area contributed by atoms with Crippen molar-refractivity contribution in [2.24, 2.45) is 0 Å². The highest BCUT2D eigenvalue weighted by Gasteiger charge is 2.46. The van der Waals surface area contributed by atoms with E-state index < -0.39 is 17.7 Å². The van der Waals surface area contributed by atoms with Crippen LogP contribution in [0.5, 0.6) is 11.5 Å². The van der Waals surface area contributed by atoms with Crippen LogP contribution in [0.4, 0.5) is 0 Å². The molecule has 0 bridgehead atoms. The van der Waals surface area contributed by atoms with E-state index in [2.05, 4.69) is 4.98 Å². The Morgan fingerprint density at radius 2 is 1.80 bits per heavy atom. The van der Waals surface area contributed by atoms with Crippen molar-refractivity contribution in [2.45, 2.75) is 12.5 Å². The van der Waals surface area contributed by atoms with Gasteiger partial charge in [0.2, 0.25) is 0 Å². The molecule has 1 atom stereocenters. The summed E-state index contributed by atoms with van der Waals surface area (Å²) in [6.07, 6.45) is 2.41. The lowest BCUT2D eigenvalue weighted by Gasteiger charge is -2.25. The van der Waals surface area contributed by atoms with Crippen LogP contribution in [0.15, 0.2) is 84.6 Å². The van der Waals surface area contributed by atoms with Crippen LogP contribution in [0.2, 0.25) is 0 Å². The summed E-state index contributed by atoms with van der Waals surface area (Å²) in [4.78, 5) is 31.1. The Hall–Kier alpha value is -4.52. The monoisotopic (exact) mass is 468 g/mol. The maximum Gasteiger partial charge on any atom is 0.295 e. The lowest BCUT2D eigenvalue weighted by atomic mass is 9.95. The number of phenolic OH excluding ortho intramolecular Hbond substituents is 1. The minimum absolute atomic E-state index is 0.00849. The van der Waals surface area contributed by atoms with Gasteiger partial charge in [-0.2, -0.15) is 0 Å². The molecule has 1 unspecified atom stereocenters. The number of carbonyl (C=O) groups excluding carboxylic acids is 2. The highest BCUT2D eigenvalue weighted by atomic mass is 16.5. The lowest BCUT2D eigenvalue weighted by molar-refractivity contribution is -0.139. The fourth-order valence-corrected chi connectivity index (χ4v) is 4.64. The SMILES string of the molecule is COc1ccc(C(O)=C2C(=O)C(=O)N(CCc3c[nH]c4ccccc34)C2c2cccc(O)c2)cc1. The van der Waals surface area contributed by atoms with Crippen molar-refractivity contribution >= 4 is 28.4 Å². The number of methoxy groups -OCH3 is 1. The number of ether oxygens (including phenoxy) is 1. The van der Waals surface area contributed by atoms with Gasteiger partial charge in [-0.3, -0.25) is 9.59 Å². The predicted octanol–water partition coefficient (Wildman–Crippen LogP) is 4.55. The topological polar surface area (TPSA) is 103 Å². The van der Waals surface area contributed by atoms with Crippen molar-refractivity contribution in [1.82, 2.24) is 9.88 Å². The molecule has 1 amide bonds. The van der Waals surface area contributed by atoms with Crippen LogP contribution >= 0.6 is 0 Å². The first-order chi connectivity index (χ1) is 17.0. The Morgan fingerprint density at radius 3 is 2.54 bits per heavy atom. The number of ketones is 1. The number of amides is 1. The normalized spacial score (nSPS) is 17.3. The lowest BCUT2D eigenvalue weighted by Crippen LogP contribution is -2.31. The van der Waals surface area contributed by atoms with E-state index in [1.165, 1.54) is 24.1 Å². The van der Waals surface area contributed by atoms with Gasteiger partial charge in [0.25, 0.3) is 11.7 Å². The number of nitrogens with zero attached hydrogens (tertiary/aromatic N) is 1. The number of hydrogen-bond donors (Lipinski definition) is 3. The summed E-state index contributed by atoms with van der Waals surface area (Å²) in [5, 5.41) is 22.3. The van der Waals surface area contributed by atoms with Crippen LogP contribution in [0.1, 0.15) is 22.7 Å². The molecule has 7 heteroatoms. The van der Waals surface area contributed by atoms with Gasteiger partial charge >= 0.3 is 0 Å². The van der Waals surface area contributed by atoms with Crippen molar-refractivity contribution in [3.8, 4) is 11.5 Å². The van der Waals surface area contributed by atoms with Crippen LogP contribution in [0, 0.1) is 0 Å². The smallest absolute Gasteiger partial charge is 0.295 e. The van der Waals surface area contributed by atoms with Gasteiger partial charge in [0.05, 0.1) is 18.7 Å². The highest BCUT2D eigenvalue weighted by Crippen LogP contribution is 2.40. The van der Waals surface area contributed by atoms with E-state index in [4.69, 9.17) is 4.74 Å². The third-order valence-electron chi connectivity index (χ3n) is 6.39. The number of H-pyrrole nitrogens is 1. The Balaban J connectivity index is 1.56. The van der Waals surface area contributed by atoms with Crippen molar-refractivity contribution in [1.29, 1.82) is 0 Å². The largest absolute Gasteiger partial charge is 0.508 e. The van der Waals surface area contributed by atoms with Gasteiger partial charge in [0, 0.05) is 29.2 Å². The Labute approximate surface area is 201 Å². The van der Waals surface area contributed by atoms with Crippen LogP contribution < -0.4 is 4.74 Å². The highest BCUT2D eigenvalue weighted by molar-refractivity contribution is 6.46. The quantitative estimate of drug-likeness (QED) is 0.219. The molecule has 5 rings (SSSR count).